The van der Waals surface area contributed by atoms with Gasteiger partial charge in [-0.15, -0.1) is 11.3 Å². The van der Waals surface area contributed by atoms with E-state index in [9.17, 15) is 4.79 Å². The van der Waals surface area contributed by atoms with Crippen LogP contribution in [-0.2, 0) is 4.79 Å². The number of carbonyl (C=O) groups excluding carboxylic acids is 1. The summed E-state index contributed by atoms with van der Waals surface area (Å²) in [5.41, 5.74) is 1.04. The first-order chi connectivity index (χ1) is 9.16. The monoisotopic (exact) mass is 274 g/mol. The average Bonchev–Trinajstić information content (AvgIpc) is 2.93. The zero-order chi connectivity index (χ0) is 13.7. The second kappa shape index (κ2) is 6.38. The molecule has 0 bridgehead atoms. The van der Waals surface area contributed by atoms with E-state index in [1.165, 1.54) is 4.88 Å². The minimum absolute atomic E-state index is 0.0345. The van der Waals surface area contributed by atoms with Gasteiger partial charge in [0.2, 0.25) is 5.91 Å². The van der Waals surface area contributed by atoms with E-state index in [1.54, 1.807) is 11.3 Å². The Labute approximate surface area is 117 Å². The molecule has 1 aromatic carbocycles. The molecule has 1 amide bonds. The molecular formula is C15H18N2OS. The molecule has 1 atom stereocenters. The highest BCUT2D eigenvalue weighted by Gasteiger charge is 2.12. The minimum Gasteiger partial charge on any atom is -0.365 e. The number of nitrogens with one attached hydrogen (secondary N) is 1. The number of carbonyl (C=O) groups is 1. The van der Waals surface area contributed by atoms with Gasteiger partial charge in [0.1, 0.15) is 0 Å². The number of likely N-dealkylation sites (N-methyl/N-ethyl adjacent to an activating group) is 1. The summed E-state index contributed by atoms with van der Waals surface area (Å²) in [5, 5.41) is 5.03. The molecule has 1 heterocycles. The Morgan fingerprint density at radius 2 is 2.00 bits per heavy atom. The molecule has 0 aliphatic heterocycles. The van der Waals surface area contributed by atoms with E-state index in [2.05, 4.69) is 5.32 Å². The Kier molecular flexibility index (Phi) is 4.58. The van der Waals surface area contributed by atoms with E-state index < -0.39 is 0 Å². The fourth-order valence-electron chi connectivity index (χ4n) is 1.89. The first-order valence-corrected chi connectivity index (χ1v) is 7.13. The van der Waals surface area contributed by atoms with Gasteiger partial charge in [-0.05, 0) is 30.5 Å². The van der Waals surface area contributed by atoms with Crippen LogP contribution in [0.3, 0.4) is 0 Å². The molecule has 0 aliphatic carbocycles. The van der Waals surface area contributed by atoms with Gasteiger partial charge in [-0.1, -0.05) is 24.3 Å². The number of hydrogen-bond acceptors (Lipinski definition) is 3. The SMILES string of the molecule is C[C@@H](NC(=O)CN(C)c1ccccc1)c1cccs1. The fraction of sp³-hybridized carbons (Fsp3) is 0.267. The van der Waals surface area contributed by atoms with Crippen molar-refractivity contribution in [2.24, 2.45) is 0 Å². The fourth-order valence-corrected chi connectivity index (χ4v) is 2.62. The second-order valence-corrected chi connectivity index (χ2v) is 5.48. The van der Waals surface area contributed by atoms with E-state index in [0.29, 0.717) is 6.54 Å². The lowest BCUT2D eigenvalue weighted by Gasteiger charge is -2.20. The van der Waals surface area contributed by atoms with Crippen molar-refractivity contribution in [3.8, 4) is 0 Å². The summed E-state index contributed by atoms with van der Waals surface area (Å²) in [6, 6.07) is 14.0. The molecule has 0 unspecified atom stereocenters. The van der Waals surface area contributed by atoms with Crippen molar-refractivity contribution < 1.29 is 4.79 Å². The largest absolute Gasteiger partial charge is 0.365 e. The summed E-state index contributed by atoms with van der Waals surface area (Å²) in [6.07, 6.45) is 0. The average molecular weight is 274 g/mol. The highest BCUT2D eigenvalue weighted by Crippen LogP contribution is 2.18. The Hall–Kier alpha value is -1.81. The van der Waals surface area contributed by atoms with Gasteiger partial charge < -0.3 is 10.2 Å². The number of benzene rings is 1. The normalized spacial score (nSPS) is 11.9. The molecule has 19 heavy (non-hydrogen) atoms. The number of amides is 1. The number of hydrogen-bond donors (Lipinski definition) is 1. The number of para-hydroxylation sites is 1. The molecule has 1 N–H and O–H groups in total. The van der Waals surface area contributed by atoms with Gasteiger partial charge in [0.25, 0.3) is 0 Å². The highest BCUT2D eigenvalue weighted by molar-refractivity contribution is 7.10. The smallest absolute Gasteiger partial charge is 0.240 e. The summed E-state index contributed by atoms with van der Waals surface area (Å²) in [4.78, 5) is 15.1. The summed E-state index contributed by atoms with van der Waals surface area (Å²) >= 11 is 1.66. The lowest BCUT2D eigenvalue weighted by atomic mass is 10.2. The van der Waals surface area contributed by atoms with Crippen LogP contribution in [0.4, 0.5) is 5.69 Å². The van der Waals surface area contributed by atoms with Crippen molar-refractivity contribution in [3.63, 3.8) is 0 Å². The zero-order valence-electron chi connectivity index (χ0n) is 11.2. The third-order valence-electron chi connectivity index (χ3n) is 2.93. The van der Waals surface area contributed by atoms with E-state index in [1.807, 2.05) is 66.7 Å². The lowest BCUT2D eigenvalue weighted by molar-refractivity contribution is -0.120. The molecule has 0 radical (unpaired) electrons. The van der Waals surface area contributed by atoms with Crippen LogP contribution in [0.2, 0.25) is 0 Å². The molecule has 100 valence electrons. The summed E-state index contributed by atoms with van der Waals surface area (Å²) in [5.74, 6) is 0.0345. The van der Waals surface area contributed by atoms with E-state index in [4.69, 9.17) is 0 Å². The maximum atomic E-state index is 12.0. The van der Waals surface area contributed by atoms with Crippen molar-refractivity contribution in [1.82, 2.24) is 5.32 Å². The number of thiophene rings is 1. The Balaban J connectivity index is 1.88. The van der Waals surface area contributed by atoms with Crippen LogP contribution in [0.25, 0.3) is 0 Å². The van der Waals surface area contributed by atoms with E-state index in [-0.39, 0.29) is 11.9 Å². The lowest BCUT2D eigenvalue weighted by Crippen LogP contribution is -2.36. The van der Waals surface area contributed by atoms with Crippen molar-refractivity contribution in [1.29, 1.82) is 0 Å². The molecule has 1 aromatic heterocycles. The van der Waals surface area contributed by atoms with Crippen molar-refractivity contribution in [2.45, 2.75) is 13.0 Å². The quantitative estimate of drug-likeness (QED) is 0.909. The molecule has 2 rings (SSSR count). The predicted octanol–water partition coefficient (Wildman–Crippen LogP) is 3.06. The van der Waals surface area contributed by atoms with E-state index in [0.717, 1.165) is 5.69 Å². The Morgan fingerprint density at radius 1 is 1.26 bits per heavy atom. The van der Waals surface area contributed by atoms with Gasteiger partial charge in [0.15, 0.2) is 0 Å². The molecule has 3 nitrogen and oxygen atoms in total. The number of rotatable bonds is 5. The summed E-state index contributed by atoms with van der Waals surface area (Å²) in [6.45, 7) is 2.37. The van der Waals surface area contributed by atoms with Crippen LogP contribution in [0, 0.1) is 0 Å². The molecule has 2 aromatic rings. The maximum absolute atomic E-state index is 12.0. The van der Waals surface area contributed by atoms with Gasteiger partial charge in [0, 0.05) is 17.6 Å². The summed E-state index contributed by atoms with van der Waals surface area (Å²) in [7, 11) is 1.92. The predicted molar refractivity (Wildman–Crippen MR) is 80.6 cm³/mol. The van der Waals surface area contributed by atoms with Crippen LogP contribution in [0.1, 0.15) is 17.8 Å². The molecule has 0 spiro atoms. The minimum atomic E-state index is 0.0345. The van der Waals surface area contributed by atoms with Crippen molar-refractivity contribution in [2.75, 3.05) is 18.5 Å². The van der Waals surface area contributed by atoms with Gasteiger partial charge in [-0.2, -0.15) is 0 Å². The number of anilines is 1. The van der Waals surface area contributed by atoms with Gasteiger partial charge in [-0.3, -0.25) is 4.79 Å². The van der Waals surface area contributed by atoms with Crippen LogP contribution < -0.4 is 10.2 Å². The molecular weight excluding hydrogens is 256 g/mol. The molecule has 0 saturated heterocycles. The van der Waals surface area contributed by atoms with Gasteiger partial charge >= 0.3 is 0 Å². The zero-order valence-corrected chi connectivity index (χ0v) is 12.0. The molecule has 0 saturated carbocycles. The molecule has 4 heteroatoms. The third kappa shape index (κ3) is 3.83. The van der Waals surface area contributed by atoms with Gasteiger partial charge in [-0.25, -0.2) is 0 Å². The number of nitrogens with zero attached hydrogens (tertiary/aromatic N) is 1. The molecule has 0 aliphatic rings. The van der Waals surface area contributed by atoms with Crippen LogP contribution >= 0.6 is 11.3 Å². The Bertz CT molecular complexity index is 510. The standard InChI is InChI=1S/C15H18N2OS/c1-12(14-9-6-10-19-14)16-15(18)11-17(2)13-7-4-3-5-8-13/h3-10,12H,11H2,1-2H3,(H,16,18)/t12-/m1/s1. The molecule has 0 fully saturated rings. The topological polar surface area (TPSA) is 32.3 Å². The first-order valence-electron chi connectivity index (χ1n) is 6.26. The van der Waals surface area contributed by atoms with Crippen LogP contribution in [0.5, 0.6) is 0 Å². The van der Waals surface area contributed by atoms with Gasteiger partial charge in [0.05, 0.1) is 12.6 Å². The van der Waals surface area contributed by atoms with E-state index >= 15 is 0 Å². The first kappa shape index (κ1) is 13.6. The van der Waals surface area contributed by atoms with Crippen molar-refractivity contribution >= 4 is 22.9 Å². The Morgan fingerprint density at radius 3 is 2.63 bits per heavy atom. The van der Waals surface area contributed by atoms with Crippen LogP contribution in [-0.4, -0.2) is 19.5 Å². The third-order valence-corrected chi connectivity index (χ3v) is 3.98. The van der Waals surface area contributed by atoms with Crippen molar-refractivity contribution in [3.05, 3.63) is 52.7 Å². The highest BCUT2D eigenvalue weighted by atomic mass is 32.1. The summed E-state index contributed by atoms with van der Waals surface area (Å²) < 4.78 is 0. The van der Waals surface area contributed by atoms with Crippen LogP contribution in [0.15, 0.2) is 47.8 Å². The maximum Gasteiger partial charge on any atom is 0.240 e. The second-order valence-electron chi connectivity index (χ2n) is 4.50.